The van der Waals surface area contributed by atoms with Crippen LogP contribution in [0.4, 0.5) is 0 Å². The van der Waals surface area contributed by atoms with E-state index < -0.39 is 6.10 Å². The molecule has 3 N–H and O–H groups in total. The van der Waals surface area contributed by atoms with Crippen molar-refractivity contribution in [3.63, 3.8) is 0 Å². The minimum absolute atomic E-state index is 0.178. The SMILES string of the molecule is COc1cccc2c1[C@@H](O)[C@@H](N)CCC2. The fraction of sp³-hybridized carbons (Fsp3) is 0.500. The molecule has 15 heavy (non-hydrogen) atoms. The van der Waals surface area contributed by atoms with Crippen LogP contribution in [-0.4, -0.2) is 18.3 Å². The summed E-state index contributed by atoms with van der Waals surface area (Å²) in [6, 6.07) is 5.70. The number of fused-ring (bicyclic) bond motifs is 1. The van der Waals surface area contributed by atoms with Gasteiger partial charge in [-0.25, -0.2) is 0 Å². The first-order valence-corrected chi connectivity index (χ1v) is 5.33. The summed E-state index contributed by atoms with van der Waals surface area (Å²) in [5.74, 6) is 0.748. The van der Waals surface area contributed by atoms with Gasteiger partial charge in [-0.15, -0.1) is 0 Å². The Labute approximate surface area is 89.9 Å². The van der Waals surface area contributed by atoms with Gasteiger partial charge in [-0.2, -0.15) is 0 Å². The highest BCUT2D eigenvalue weighted by Gasteiger charge is 2.25. The summed E-state index contributed by atoms with van der Waals surface area (Å²) < 4.78 is 5.27. The van der Waals surface area contributed by atoms with Crippen molar-refractivity contribution in [2.75, 3.05) is 7.11 Å². The topological polar surface area (TPSA) is 55.5 Å². The standard InChI is InChI=1S/C12H17NO2/c1-15-10-7-3-5-8-4-2-6-9(13)12(14)11(8)10/h3,5,7,9,12,14H,2,4,6,13H2,1H3/t9-,12-/m0/s1. The minimum Gasteiger partial charge on any atom is -0.496 e. The highest BCUT2D eigenvalue weighted by atomic mass is 16.5. The molecule has 1 aliphatic carbocycles. The smallest absolute Gasteiger partial charge is 0.124 e. The molecule has 82 valence electrons. The van der Waals surface area contributed by atoms with Crippen molar-refractivity contribution >= 4 is 0 Å². The minimum atomic E-state index is -0.598. The van der Waals surface area contributed by atoms with E-state index in [0.29, 0.717) is 0 Å². The molecule has 1 aliphatic rings. The third-order valence-electron chi connectivity index (χ3n) is 3.06. The molecule has 0 unspecified atom stereocenters. The molecule has 3 nitrogen and oxygen atoms in total. The molecule has 2 atom stereocenters. The van der Waals surface area contributed by atoms with Gasteiger partial charge in [0.25, 0.3) is 0 Å². The number of rotatable bonds is 1. The number of nitrogens with two attached hydrogens (primary N) is 1. The molecule has 0 saturated carbocycles. The molecule has 0 bridgehead atoms. The molecule has 0 saturated heterocycles. The van der Waals surface area contributed by atoms with Crippen LogP contribution in [-0.2, 0) is 6.42 Å². The van der Waals surface area contributed by atoms with Gasteiger partial charge in [-0.05, 0) is 30.9 Å². The maximum absolute atomic E-state index is 10.1. The summed E-state index contributed by atoms with van der Waals surface area (Å²) in [6.45, 7) is 0. The largest absolute Gasteiger partial charge is 0.496 e. The van der Waals surface area contributed by atoms with E-state index in [1.165, 1.54) is 0 Å². The molecule has 0 heterocycles. The first kappa shape index (κ1) is 10.5. The summed E-state index contributed by atoms with van der Waals surface area (Å²) in [5, 5.41) is 10.1. The van der Waals surface area contributed by atoms with Gasteiger partial charge in [0.1, 0.15) is 5.75 Å². The Bertz CT molecular complexity index is 351. The number of aliphatic hydroxyl groups is 1. The van der Waals surface area contributed by atoms with Crippen LogP contribution in [0, 0.1) is 0 Å². The number of hydrogen-bond donors (Lipinski definition) is 2. The van der Waals surface area contributed by atoms with Crippen LogP contribution in [0.1, 0.15) is 30.1 Å². The first-order chi connectivity index (χ1) is 7.24. The van der Waals surface area contributed by atoms with Crippen molar-refractivity contribution < 1.29 is 9.84 Å². The second-order valence-electron chi connectivity index (χ2n) is 4.03. The Hall–Kier alpha value is -1.06. The lowest BCUT2D eigenvalue weighted by molar-refractivity contribution is 0.141. The van der Waals surface area contributed by atoms with Gasteiger partial charge in [-0.3, -0.25) is 0 Å². The van der Waals surface area contributed by atoms with Gasteiger partial charge < -0.3 is 15.6 Å². The molecule has 0 spiro atoms. The number of methoxy groups -OCH3 is 1. The zero-order valence-corrected chi connectivity index (χ0v) is 8.94. The molecule has 3 heteroatoms. The average molecular weight is 207 g/mol. The van der Waals surface area contributed by atoms with Gasteiger partial charge in [0.15, 0.2) is 0 Å². The summed E-state index contributed by atoms with van der Waals surface area (Å²) in [5.41, 5.74) is 7.95. The Morgan fingerprint density at radius 1 is 1.47 bits per heavy atom. The van der Waals surface area contributed by atoms with Crippen LogP contribution >= 0.6 is 0 Å². The number of hydrogen-bond acceptors (Lipinski definition) is 3. The van der Waals surface area contributed by atoms with Crippen molar-refractivity contribution in [2.45, 2.75) is 31.4 Å². The van der Waals surface area contributed by atoms with E-state index in [1.807, 2.05) is 18.2 Å². The lowest BCUT2D eigenvalue weighted by Gasteiger charge is -2.20. The van der Waals surface area contributed by atoms with Crippen molar-refractivity contribution in [3.8, 4) is 5.75 Å². The summed E-state index contributed by atoms with van der Waals surface area (Å²) >= 11 is 0. The summed E-state index contributed by atoms with van der Waals surface area (Å²) in [4.78, 5) is 0. The molecule has 0 aromatic heterocycles. The van der Waals surface area contributed by atoms with Gasteiger partial charge in [-0.1, -0.05) is 12.1 Å². The highest BCUT2D eigenvalue weighted by Crippen LogP contribution is 2.34. The predicted molar refractivity (Wildman–Crippen MR) is 58.9 cm³/mol. The van der Waals surface area contributed by atoms with Crippen LogP contribution in [0.25, 0.3) is 0 Å². The molecule has 0 radical (unpaired) electrons. The van der Waals surface area contributed by atoms with Gasteiger partial charge in [0.2, 0.25) is 0 Å². The molecule has 0 aliphatic heterocycles. The van der Waals surface area contributed by atoms with Crippen molar-refractivity contribution in [1.82, 2.24) is 0 Å². The quantitative estimate of drug-likeness (QED) is 0.684. The van der Waals surface area contributed by atoms with Crippen LogP contribution in [0.2, 0.25) is 0 Å². The summed E-state index contributed by atoms with van der Waals surface area (Å²) in [6.07, 6.45) is 2.26. The Kier molecular flexibility index (Phi) is 2.93. The highest BCUT2D eigenvalue weighted by molar-refractivity contribution is 5.43. The molecular weight excluding hydrogens is 190 g/mol. The lowest BCUT2D eigenvalue weighted by atomic mass is 9.98. The lowest BCUT2D eigenvalue weighted by Crippen LogP contribution is -2.27. The Morgan fingerprint density at radius 2 is 2.27 bits per heavy atom. The zero-order chi connectivity index (χ0) is 10.8. The zero-order valence-electron chi connectivity index (χ0n) is 8.94. The van der Waals surface area contributed by atoms with E-state index in [4.69, 9.17) is 10.5 Å². The molecule has 0 amide bonds. The number of aliphatic hydroxyl groups excluding tert-OH is 1. The molecule has 2 rings (SSSR count). The van der Waals surface area contributed by atoms with E-state index in [2.05, 4.69) is 0 Å². The van der Waals surface area contributed by atoms with E-state index in [1.54, 1.807) is 7.11 Å². The molecular formula is C12H17NO2. The number of benzene rings is 1. The van der Waals surface area contributed by atoms with Crippen molar-refractivity contribution in [3.05, 3.63) is 29.3 Å². The van der Waals surface area contributed by atoms with E-state index >= 15 is 0 Å². The average Bonchev–Trinajstić information content (AvgIpc) is 2.40. The van der Waals surface area contributed by atoms with Crippen LogP contribution in [0.3, 0.4) is 0 Å². The molecule has 1 aromatic rings. The molecule has 0 fully saturated rings. The van der Waals surface area contributed by atoms with Crippen LogP contribution in [0.15, 0.2) is 18.2 Å². The van der Waals surface area contributed by atoms with Gasteiger partial charge in [0, 0.05) is 11.6 Å². The Morgan fingerprint density at radius 3 is 3.00 bits per heavy atom. The van der Waals surface area contributed by atoms with Gasteiger partial charge in [0.05, 0.1) is 13.2 Å². The third-order valence-corrected chi connectivity index (χ3v) is 3.06. The van der Waals surface area contributed by atoms with Crippen molar-refractivity contribution in [1.29, 1.82) is 0 Å². The van der Waals surface area contributed by atoms with E-state index in [-0.39, 0.29) is 6.04 Å². The maximum Gasteiger partial charge on any atom is 0.124 e. The second kappa shape index (κ2) is 4.21. The van der Waals surface area contributed by atoms with Crippen LogP contribution < -0.4 is 10.5 Å². The Balaban J connectivity index is 2.49. The summed E-state index contributed by atoms with van der Waals surface area (Å²) in [7, 11) is 1.62. The third kappa shape index (κ3) is 1.85. The van der Waals surface area contributed by atoms with Gasteiger partial charge >= 0.3 is 0 Å². The molecule has 1 aromatic carbocycles. The predicted octanol–water partition coefficient (Wildman–Crippen LogP) is 1.39. The van der Waals surface area contributed by atoms with Crippen LogP contribution in [0.5, 0.6) is 5.75 Å². The van der Waals surface area contributed by atoms with E-state index in [9.17, 15) is 5.11 Å². The van der Waals surface area contributed by atoms with E-state index in [0.717, 1.165) is 36.1 Å². The number of ether oxygens (including phenoxy) is 1. The normalized spacial score (nSPS) is 25.5. The second-order valence-corrected chi connectivity index (χ2v) is 4.03. The number of aryl methyl sites for hydroxylation is 1. The fourth-order valence-corrected chi connectivity index (χ4v) is 2.22. The fourth-order valence-electron chi connectivity index (χ4n) is 2.22. The maximum atomic E-state index is 10.1. The van der Waals surface area contributed by atoms with Crippen molar-refractivity contribution in [2.24, 2.45) is 5.73 Å². The first-order valence-electron chi connectivity index (χ1n) is 5.33. The monoisotopic (exact) mass is 207 g/mol.